The van der Waals surface area contributed by atoms with E-state index < -0.39 is 20.0 Å². The molecule has 0 aliphatic carbocycles. The minimum absolute atomic E-state index is 0.0101. The Morgan fingerprint density at radius 3 is 2.00 bits per heavy atom. The molecular formula is C19H21N3O4S3. The molecule has 0 radical (unpaired) electrons. The molecule has 0 atom stereocenters. The zero-order chi connectivity index (χ0) is 20.9. The molecule has 10 heteroatoms. The van der Waals surface area contributed by atoms with Gasteiger partial charge in [-0.05, 0) is 54.8 Å². The van der Waals surface area contributed by atoms with Crippen molar-refractivity contribution in [3.05, 3.63) is 65.7 Å². The zero-order valence-electron chi connectivity index (χ0n) is 15.7. The highest BCUT2D eigenvalue weighted by Gasteiger charge is 2.17. The van der Waals surface area contributed by atoms with Crippen LogP contribution in [0.25, 0.3) is 0 Å². The summed E-state index contributed by atoms with van der Waals surface area (Å²) in [5.74, 6) is 0. The Bertz CT molecular complexity index is 1140. The van der Waals surface area contributed by atoms with Gasteiger partial charge in [0.15, 0.2) is 5.13 Å². The molecule has 0 amide bonds. The van der Waals surface area contributed by atoms with Crippen LogP contribution in [0.3, 0.4) is 0 Å². The van der Waals surface area contributed by atoms with Crippen molar-refractivity contribution in [2.24, 2.45) is 0 Å². The maximum atomic E-state index is 12.6. The average molecular weight is 452 g/mol. The normalized spacial score (nSPS) is 11.9. The van der Waals surface area contributed by atoms with Crippen LogP contribution in [0.4, 0.5) is 10.8 Å². The minimum Gasteiger partial charge on any atom is -0.280 e. The standard InChI is InChI=1S/C19H21N3O4S3/c1-2-3-4-15-5-9-17(10-6-15)28(23,24)21-16-7-11-18(12-8-16)29(25,26)22-19-20-13-14-27-19/h5-14,21H,2-4H2,1H3,(H,20,22). The largest absolute Gasteiger partial charge is 0.280 e. The summed E-state index contributed by atoms with van der Waals surface area (Å²) < 4.78 is 54.7. The van der Waals surface area contributed by atoms with E-state index >= 15 is 0 Å². The number of anilines is 2. The van der Waals surface area contributed by atoms with Gasteiger partial charge < -0.3 is 0 Å². The predicted octanol–water partition coefficient (Wildman–Crippen LogP) is 4.09. The SMILES string of the molecule is CCCCc1ccc(S(=O)(=O)Nc2ccc(S(=O)(=O)Nc3nccs3)cc2)cc1. The van der Waals surface area contributed by atoms with Crippen LogP contribution in [0.5, 0.6) is 0 Å². The lowest BCUT2D eigenvalue weighted by Crippen LogP contribution is -2.14. The number of unbranched alkanes of at least 4 members (excludes halogenated alkanes) is 1. The fourth-order valence-electron chi connectivity index (χ4n) is 2.58. The van der Waals surface area contributed by atoms with Crippen molar-refractivity contribution in [1.29, 1.82) is 0 Å². The van der Waals surface area contributed by atoms with E-state index in [0.717, 1.165) is 24.8 Å². The molecule has 0 unspecified atom stereocenters. The molecule has 0 spiro atoms. The summed E-state index contributed by atoms with van der Waals surface area (Å²) in [7, 11) is -7.55. The fourth-order valence-corrected chi connectivity index (χ4v) is 5.43. The maximum absolute atomic E-state index is 12.6. The fraction of sp³-hybridized carbons (Fsp3) is 0.211. The monoisotopic (exact) mass is 451 g/mol. The Morgan fingerprint density at radius 2 is 1.45 bits per heavy atom. The average Bonchev–Trinajstić information content (AvgIpc) is 3.19. The molecule has 0 saturated carbocycles. The number of hydrogen-bond donors (Lipinski definition) is 2. The Balaban J connectivity index is 1.71. The van der Waals surface area contributed by atoms with E-state index in [2.05, 4.69) is 21.4 Å². The number of benzene rings is 2. The highest BCUT2D eigenvalue weighted by atomic mass is 32.2. The van der Waals surface area contributed by atoms with Gasteiger partial charge in [-0.15, -0.1) is 11.3 Å². The maximum Gasteiger partial charge on any atom is 0.263 e. The first-order chi connectivity index (χ1) is 13.8. The van der Waals surface area contributed by atoms with E-state index in [4.69, 9.17) is 0 Å². The molecule has 7 nitrogen and oxygen atoms in total. The third kappa shape index (κ3) is 5.55. The first-order valence-electron chi connectivity index (χ1n) is 8.94. The molecule has 0 saturated heterocycles. The van der Waals surface area contributed by atoms with Gasteiger partial charge in [-0.25, -0.2) is 21.8 Å². The van der Waals surface area contributed by atoms with Gasteiger partial charge in [0.05, 0.1) is 9.79 Å². The van der Waals surface area contributed by atoms with Crippen LogP contribution in [0.1, 0.15) is 25.3 Å². The van der Waals surface area contributed by atoms with E-state index in [9.17, 15) is 16.8 Å². The van der Waals surface area contributed by atoms with Crippen molar-refractivity contribution < 1.29 is 16.8 Å². The molecule has 3 aromatic rings. The highest BCUT2D eigenvalue weighted by molar-refractivity contribution is 7.93. The van der Waals surface area contributed by atoms with Crippen molar-refractivity contribution in [3.63, 3.8) is 0 Å². The molecule has 0 aliphatic heterocycles. The first-order valence-corrected chi connectivity index (χ1v) is 12.8. The zero-order valence-corrected chi connectivity index (χ0v) is 18.1. The Morgan fingerprint density at radius 1 is 0.862 bits per heavy atom. The Labute approximate surface area is 174 Å². The molecule has 154 valence electrons. The summed E-state index contributed by atoms with van der Waals surface area (Å²) in [6.07, 6.45) is 4.54. The molecular weight excluding hydrogens is 430 g/mol. The van der Waals surface area contributed by atoms with Crippen molar-refractivity contribution in [2.75, 3.05) is 9.44 Å². The molecule has 1 aromatic heterocycles. The van der Waals surface area contributed by atoms with Crippen LogP contribution in [0, 0.1) is 0 Å². The number of nitrogens with zero attached hydrogens (tertiary/aromatic N) is 1. The van der Waals surface area contributed by atoms with Crippen LogP contribution >= 0.6 is 11.3 Å². The summed E-state index contributed by atoms with van der Waals surface area (Å²) >= 11 is 1.17. The third-order valence-corrected chi connectivity index (χ3v) is 7.69. The van der Waals surface area contributed by atoms with Gasteiger partial charge in [-0.3, -0.25) is 9.44 Å². The highest BCUT2D eigenvalue weighted by Crippen LogP contribution is 2.21. The van der Waals surface area contributed by atoms with Crippen molar-refractivity contribution in [2.45, 2.75) is 36.0 Å². The second-order valence-corrected chi connectivity index (χ2v) is 10.6. The van der Waals surface area contributed by atoms with Gasteiger partial charge in [0.2, 0.25) is 0 Å². The van der Waals surface area contributed by atoms with Crippen molar-refractivity contribution in [1.82, 2.24) is 4.98 Å². The van der Waals surface area contributed by atoms with Gasteiger partial charge in [0.1, 0.15) is 0 Å². The predicted molar refractivity (Wildman–Crippen MR) is 115 cm³/mol. The first kappa shape index (κ1) is 21.3. The number of hydrogen-bond acceptors (Lipinski definition) is 6. The lowest BCUT2D eigenvalue weighted by atomic mass is 10.1. The number of aromatic nitrogens is 1. The van der Waals surface area contributed by atoms with Crippen LogP contribution in [0.2, 0.25) is 0 Å². The topological polar surface area (TPSA) is 105 Å². The molecule has 29 heavy (non-hydrogen) atoms. The second kappa shape index (κ2) is 8.93. The summed E-state index contributed by atoms with van der Waals surface area (Å²) in [5, 5.41) is 1.92. The van der Waals surface area contributed by atoms with Gasteiger partial charge in [-0.1, -0.05) is 25.5 Å². The number of aryl methyl sites for hydroxylation is 1. The van der Waals surface area contributed by atoms with Gasteiger partial charge in [0, 0.05) is 17.3 Å². The number of sulfonamides is 2. The van der Waals surface area contributed by atoms with Crippen LogP contribution in [0.15, 0.2) is 69.9 Å². The molecule has 0 aliphatic rings. The third-order valence-electron chi connectivity index (χ3n) is 4.12. The van der Waals surface area contributed by atoms with Crippen LogP contribution in [-0.4, -0.2) is 21.8 Å². The smallest absolute Gasteiger partial charge is 0.263 e. The number of rotatable bonds is 9. The second-order valence-electron chi connectivity index (χ2n) is 6.32. The summed E-state index contributed by atoms with van der Waals surface area (Å²) in [4.78, 5) is 4.05. The molecule has 1 heterocycles. The van der Waals surface area contributed by atoms with E-state index in [1.165, 1.54) is 41.8 Å². The lowest BCUT2D eigenvalue weighted by molar-refractivity contribution is 0.600. The molecule has 0 fully saturated rings. The molecule has 0 bridgehead atoms. The lowest BCUT2D eigenvalue weighted by Gasteiger charge is -2.10. The number of nitrogens with one attached hydrogen (secondary N) is 2. The van der Waals surface area contributed by atoms with Crippen molar-refractivity contribution in [3.8, 4) is 0 Å². The van der Waals surface area contributed by atoms with Crippen LogP contribution in [-0.2, 0) is 26.5 Å². The Kier molecular flexibility index (Phi) is 6.56. The summed E-state index contributed by atoms with van der Waals surface area (Å²) in [5.41, 5.74) is 1.36. The van der Waals surface area contributed by atoms with Gasteiger partial charge in [0.25, 0.3) is 20.0 Å². The van der Waals surface area contributed by atoms with E-state index in [1.54, 1.807) is 17.5 Å². The van der Waals surface area contributed by atoms with Gasteiger partial charge in [-0.2, -0.15) is 0 Å². The van der Waals surface area contributed by atoms with Crippen molar-refractivity contribution >= 4 is 42.2 Å². The quantitative estimate of drug-likeness (QED) is 0.510. The summed E-state index contributed by atoms with van der Waals surface area (Å²) in [6, 6.07) is 12.2. The van der Waals surface area contributed by atoms with E-state index in [0.29, 0.717) is 0 Å². The Hall–Kier alpha value is -2.43. The number of thiazole rings is 1. The van der Waals surface area contributed by atoms with E-state index in [1.807, 2.05) is 12.1 Å². The molecule has 2 aromatic carbocycles. The van der Waals surface area contributed by atoms with Crippen LogP contribution < -0.4 is 9.44 Å². The molecule has 2 N–H and O–H groups in total. The molecule has 3 rings (SSSR count). The summed E-state index contributed by atoms with van der Waals surface area (Å²) in [6.45, 7) is 2.11. The van der Waals surface area contributed by atoms with E-state index in [-0.39, 0.29) is 20.6 Å². The minimum atomic E-state index is -3.79. The van der Waals surface area contributed by atoms with Gasteiger partial charge >= 0.3 is 0 Å².